The second-order valence-corrected chi connectivity index (χ2v) is 7.38. The zero-order chi connectivity index (χ0) is 13.0. The molecule has 1 heterocycles. The summed E-state index contributed by atoms with van der Waals surface area (Å²) in [6, 6.07) is 4.26. The molecule has 0 aromatic carbocycles. The van der Waals surface area contributed by atoms with Crippen molar-refractivity contribution in [1.29, 1.82) is 0 Å². The fraction of sp³-hybridized carbons (Fsp3) is 0.615. The molecule has 5 heteroatoms. The van der Waals surface area contributed by atoms with Gasteiger partial charge in [0, 0.05) is 31.2 Å². The second kappa shape index (κ2) is 5.80. The predicted molar refractivity (Wildman–Crippen MR) is 72.0 cm³/mol. The van der Waals surface area contributed by atoms with E-state index in [0.29, 0.717) is 6.04 Å². The minimum absolute atomic E-state index is 0.166. The van der Waals surface area contributed by atoms with Crippen molar-refractivity contribution in [2.45, 2.75) is 43.5 Å². The van der Waals surface area contributed by atoms with Gasteiger partial charge in [-0.25, -0.2) is 8.42 Å². The molecule has 1 saturated carbocycles. The predicted octanol–water partition coefficient (Wildman–Crippen LogP) is 1.53. The van der Waals surface area contributed by atoms with Crippen LogP contribution in [0.5, 0.6) is 0 Å². The van der Waals surface area contributed by atoms with Crippen LogP contribution in [0.15, 0.2) is 24.5 Å². The number of hydrogen-bond donors (Lipinski definition) is 1. The lowest BCUT2D eigenvalue weighted by Crippen LogP contribution is -2.38. The van der Waals surface area contributed by atoms with E-state index in [1.165, 1.54) is 11.8 Å². The highest BCUT2D eigenvalue weighted by Crippen LogP contribution is 2.24. The zero-order valence-electron chi connectivity index (χ0n) is 10.7. The Morgan fingerprint density at radius 2 is 2.06 bits per heavy atom. The highest BCUT2D eigenvalue weighted by Gasteiger charge is 2.28. The minimum Gasteiger partial charge on any atom is -0.310 e. The Bertz CT molecular complexity index is 473. The Morgan fingerprint density at radius 3 is 2.72 bits per heavy atom. The maximum absolute atomic E-state index is 11.6. The van der Waals surface area contributed by atoms with E-state index in [-0.39, 0.29) is 5.25 Å². The summed E-state index contributed by atoms with van der Waals surface area (Å²) in [6.07, 6.45) is 8.51. The highest BCUT2D eigenvalue weighted by atomic mass is 32.2. The molecule has 1 aliphatic rings. The number of hydrogen-bond acceptors (Lipinski definition) is 4. The first kappa shape index (κ1) is 13.5. The van der Waals surface area contributed by atoms with Crippen molar-refractivity contribution in [3.63, 3.8) is 0 Å². The average molecular weight is 268 g/mol. The molecule has 1 fully saturated rings. The summed E-state index contributed by atoms with van der Waals surface area (Å²) in [7, 11) is -2.89. The normalized spacial score (nSPS) is 24.9. The van der Waals surface area contributed by atoms with E-state index in [0.717, 1.165) is 32.2 Å². The van der Waals surface area contributed by atoms with Gasteiger partial charge in [-0.1, -0.05) is 6.42 Å². The number of aromatic nitrogens is 1. The number of nitrogens with one attached hydrogen (secondary N) is 1. The van der Waals surface area contributed by atoms with E-state index < -0.39 is 9.84 Å². The van der Waals surface area contributed by atoms with Crippen molar-refractivity contribution >= 4 is 9.84 Å². The minimum atomic E-state index is -2.89. The highest BCUT2D eigenvalue weighted by molar-refractivity contribution is 7.91. The first-order chi connectivity index (χ1) is 8.55. The number of sulfone groups is 1. The van der Waals surface area contributed by atoms with Gasteiger partial charge in [0.2, 0.25) is 0 Å². The smallest absolute Gasteiger partial charge is 0.150 e. The van der Waals surface area contributed by atoms with Crippen LogP contribution in [0.3, 0.4) is 0 Å². The van der Waals surface area contributed by atoms with E-state index in [1.807, 2.05) is 12.1 Å². The van der Waals surface area contributed by atoms with Crippen LogP contribution < -0.4 is 5.32 Å². The lowest BCUT2D eigenvalue weighted by molar-refractivity contribution is 0.371. The summed E-state index contributed by atoms with van der Waals surface area (Å²) < 4.78 is 23.1. The van der Waals surface area contributed by atoms with Gasteiger partial charge in [0.05, 0.1) is 5.25 Å². The van der Waals surface area contributed by atoms with Crippen LogP contribution in [0.1, 0.15) is 31.2 Å². The summed E-state index contributed by atoms with van der Waals surface area (Å²) >= 11 is 0. The third-order valence-corrected chi connectivity index (χ3v) is 5.21. The van der Waals surface area contributed by atoms with Crippen molar-refractivity contribution in [2.24, 2.45) is 0 Å². The van der Waals surface area contributed by atoms with Crippen molar-refractivity contribution in [3.8, 4) is 0 Å². The molecule has 0 spiro atoms. The average Bonchev–Trinajstić information content (AvgIpc) is 2.37. The van der Waals surface area contributed by atoms with Crippen molar-refractivity contribution in [1.82, 2.24) is 10.3 Å². The lowest BCUT2D eigenvalue weighted by atomic mass is 9.95. The SMILES string of the molecule is CS(=O)(=O)C1CCCC(NCc2ccncc2)C1. The van der Waals surface area contributed by atoms with E-state index in [9.17, 15) is 8.42 Å². The number of nitrogens with zero attached hydrogens (tertiary/aromatic N) is 1. The molecule has 0 radical (unpaired) electrons. The van der Waals surface area contributed by atoms with Gasteiger partial charge in [0.15, 0.2) is 0 Å². The van der Waals surface area contributed by atoms with Gasteiger partial charge in [0.1, 0.15) is 9.84 Å². The van der Waals surface area contributed by atoms with E-state index >= 15 is 0 Å². The maximum atomic E-state index is 11.6. The van der Waals surface area contributed by atoms with Gasteiger partial charge in [-0.05, 0) is 37.0 Å². The maximum Gasteiger partial charge on any atom is 0.150 e. The molecule has 2 unspecified atom stereocenters. The standard InChI is InChI=1S/C13H20N2O2S/c1-18(16,17)13-4-2-3-12(9-13)15-10-11-5-7-14-8-6-11/h5-8,12-13,15H,2-4,9-10H2,1H3. The Morgan fingerprint density at radius 1 is 1.33 bits per heavy atom. The summed E-state index contributed by atoms with van der Waals surface area (Å²) in [5.41, 5.74) is 1.19. The molecule has 1 aliphatic carbocycles. The summed E-state index contributed by atoms with van der Waals surface area (Å²) in [5, 5.41) is 3.28. The molecule has 1 N–H and O–H groups in total. The summed E-state index contributed by atoms with van der Waals surface area (Å²) in [6.45, 7) is 0.781. The first-order valence-electron chi connectivity index (χ1n) is 6.37. The molecule has 0 saturated heterocycles. The quantitative estimate of drug-likeness (QED) is 0.899. The second-order valence-electron chi connectivity index (χ2n) is 5.05. The molecule has 2 atom stereocenters. The van der Waals surface area contributed by atoms with Gasteiger partial charge < -0.3 is 5.32 Å². The molecular weight excluding hydrogens is 248 g/mol. The Hall–Kier alpha value is -0.940. The summed E-state index contributed by atoms with van der Waals surface area (Å²) in [5.74, 6) is 0. The molecule has 1 aromatic rings. The van der Waals surface area contributed by atoms with Gasteiger partial charge in [-0.15, -0.1) is 0 Å². The van der Waals surface area contributed by atoms with E-state index in [1.54, 1.807) is 12.4 Å². The molecule has 0 amide bonds. The van der Waals surface area contributed by atoms with Crippen LogP contribution in [-0.2, 0) is 16.4 Å². The van der Waals surface area contributed by atoms with E-state index in [2.05, 4.69) is 10.3 Å². The van der Waals surface area contributed by atoms with Crippen LogP contribution in [0.2, 0.25) is 0 Å². The Balaban J connectivity index is 1.87. The van der Waals surface area contributed by atoms with Crippen LogP contribution >= 0.6 is 0 Å². The monoisotopic (exact) mass is 268 g/mol. The summed E-state index contributed by atoms with van der Waals surface area (Å²) in [4.78, 5) is 3.98. The molecule has 18 heavy (non-hydrogen) atoms. The Labute approximate surface area is 109 Å². The molecule has 2 rings (SSSR count). The fourth-order valence-electron chi connectivity index (χ4n) is 2.48. The van der Waals surface area contributed by atoms with E-state index in [4.69, 9.17) is 0 Å². The fourth-order valence-corrected chi connectivity index (χ4v) is 3.66. The van der Waals surface area contributed by atoms with Crippen molar-refractivity contribution < 1.29 is 8.42 Å². The molecule has 0 aliphatic heterocycles. The van der Waals surface area contributed by atoms with Crippen LogP contribution in [-0.4, -0.2) is 30.9 Å². The third kappa shape index (κ3) is 3.78. The number of rotatable bonds is 4. The molecule has 1 aromatic heterocycles. The largest absolute Gasteiger partial charge is 0.310 e. The van der Waals surface area contributed by atoms with Crippen LogP contribution in [0.25, 0.3) is 0 Å². The van der Waals surface area contributed by atoms with Crippen molar-refractivity contribution in [3.05, 3.63) is 30.1 Å². The van der Waals surface area contributed by atoms with Crippen LogP contribution in [0.4, 0.5) is 0 Å². The van der Waals surface area contributed by atoms with Gasteiger partial charge in [-0.3, -0.25) is 4.98 Å². The third-order valence-electron chi connectivity index (χ3n) is 3.58. The van der Waals surface area contributed by atoms with Crippen molar-refractivity contribution in [2.75, 3.05) is 6.26 Å². The zero-order valence-corrected chi connectivity index (χ0v) is 11.5. The topological polar surface area (TPSA) is 59.1 Å². The molecule has 4 nitrogen and oxygen atoms in total. The first-order valence-corrected chi connectivity index (χ1v) is 8.32. The Kier molecular flexibility index (Phi) is 4.35. The molecule has 100 valence electrons. The molecule has 0 bridgehead atoms. The van der Waals surface area contributed by atoms with Crippen LogP contribution in [0, 0.1) is 0 Å². The lowest BCUT2D eigenvalue weighted by Gasteiger charge is -2.28. The number of pyridine rings is 1. The van der Waals surface area contributed by atoms with Gasteiger partial charge >= 0.3 is 0 Å². The van der Waals surface area contributed by atoms with Gasteiger partial charge in [-0.2, -0.15) is 0 Å². The van der Waals surface area contributed by atoms with Gasteiger partial charge in [0.25, 0.3) is 0 Å². The molecular formula is C13H20N2O2S.